The molecule has 27 heavy (non-hydrogen) atoms. The fraction of sp³-hybridized carbons (Fsp3) is 0.0526. The topological polar surface area (TPSA) is 84.7 Å². The van der Waals surface area contributed by atoms with E-state index in [0.717, 1.165) is 15.8 Å². The number of benzene rings is 3. The molecule has 3 aromatic carbocycles. The Balaban J connectivity index is 1.77. The highest BCUT2D eigenvalue weighted by atomic mass is 35.5. The molecule has 0 unspecified atom stereocenters. The maximum atomic E-state index is 12.3. The second kappa shape index (κ2) is 8.16. The van der Waals surface area contributed by atoms with Gasteiger partial charge >= 0.3 is 6.03 Å². The summed E-state index contributed by atoms with van der Waals surface area (Å²) < 4.78 is 5.38. The van der Waals surface area contributed by atoms with Crippen LogP contribution in [-0.2, 0) is 4.79 Å². The lowest BCUT2D eigenvalue weighted by molar-refractivity contribution is -0.123. The molecule has 0 atom stereocenters. The van der Waals surface area contributed by atoms with Gasteiger partial charge in [0, 0.05) is 16.5 Å². The van der Waals surface area contributed by atoms with Crippen LogP contribution in [-0.4, -0.2) is 18.5 Å². The third-order valence-corrected chi connectivity index (χ3v) is 4.26. The molecule has 0 saturated heterocycles. The Bertz CT molecular complexity index is 1010. The van der Waals surface area contributed by atoms with Gasteiger partial charge in [-0.3, -0.25) is 10.2 Å². The number of hydrogen-bond donors (Lipinski definition) is 2. The number of halogens is 2. The Morgan fingerprint density at radius 1 is 1.04 bits per heavy atom. The Morgan fingerprint density at radius 2 is 1.78 bits per heavy atom. The van der Waals surface area contributed by atoms with E-state index in [1.165, 1.54) is 6.07 Å². The number of ether oxygens (including phenoxy) is 1. The average Bonchev–Trinajstić information content (AvgIpc) is 2.66. The number of carbonyl (C=O) groups is 2. The molecule has 3 amide bonds. The Labute approximate surface area is 165 Å². The number of anilines is 1. The molecule has 0 aliphatic carbocycles. The van der Waals surface area contributed by atoms with Crippen LogP contribution in [0.5, 0.6) is 5.75 Å². The van der Waals surface area contributed by atoms with Crippen LogP contribution in [0, 0.1) is 0 Å². The smallest absolute Gasteiger partial charge is 0.338 e. The van der Waals surface area contributed by atoms with Gasteiger partial charge in [0.2, 0.25) is 0 Å². The molecule has 0 aliphatic heterocycles. The van der Waals surface area contributed by atoms with Gasteiger partial charge in [-0.2, -0.15) is 0 Å². The minimum atomic E-state index is -0.833. The summed E-state index contributed by atoms with van der Waals surface area (Å²) in [5.41, 5.74) is 8.35. The molecule has 3 aromatic rings. The first-order valence-electron chi connectivity index (χ1n) is 7.90. The van der Waals surface area contributed by atoms with Crippen LogP contribution in [0.4, 0.5) is 10.5 Å². The molecule has 8 heteroatoms. The SMILES string of the molecule is NC(=O)N(NC(=O)COc1cc(Cl)ccc1Cl)c1cccc2ccccc12. The maximum absolute atomic E-state index is 12.3. The van der Waals surface area contributed by atoms with Crippen molar-refractivity contribution in [3.8, 4) is 5.75 Å². The minimum Gasteiger partial charge on any atom is -0.482 e. The molecule has 0 heterocycles. The van der Waals surface area contributed by atoms with E-state index in [1.807, 2.05) is 30.3 Å². The van der Waals surface area contributed by atoms with E-state index < -0.39 is 11.9 Å². The van der Waals surface area contributed by atoms with Crippen LogP contribution in [0.25, 0.3) is 10.8 Å². The predicted molar refractivity (Wildman–Crippen MR) is 106 cm³/mol. The van der Waals surface area contributed by atoms with Gasteiger partial charge in [-0.05, 0) is 23.6 Å². The van der Waals surface area contributed by atoms with Crippen molar-refractivity contribution in [3.63, 3.8) is 0 Å². The number of fused-ring (bicyclic) bond motifs is 1. The summed E-state index contributed by atoms with van der Waals surface area (Å²) in [7, 11) is 0. The largest absolute Gasteiger partial charge is 0.482 e. The van der Waals surface area contributed by atoms with Crippen molar-refractivity contribution in [2.75, 3.05) is 11.6 Å². The lowest BCUT2D eigenvalue weighted by Crippen LogP contribution is -2.50. The highest BCUT2D eigenvalue weighted by molar-refractivity contribution is 6.34. The lowest BCUT2D eigenvalue weighted by atomic mass is 10.1. The maximum Gasteiger partial charge on any atom is 0.338 e. The molecule has 0 aromatic heterocycles. The lowest BCUT2D eigenvalue weighted by Gasteiger charge is -2.22. The highest BCUT2D eigenvalue weighted by Gasteiger charge is 2.18. The van der Waals surface area contributed by atoms with E-state index in [9.17, 15) is 9.59 Å². The number of nitrogens with two attached hydrogens (primary N) is 1. The van der Waals surface area contributed by atoms with Crippen LogP contribution < -0.4 is 20.9 Å². The third-order valence-electron chi connectivity index (χ3n) is 3.72. The first-order chi connectivity index (χ1) is 13.0. The molecular formula is C19H15Cl2N3O3. The molecule has 6 nitrogen and oxygen atoms in total. The van der Waals surface area contributed by atoms with Gasteiger partial charge in [0.25, 0.3) is 5.91 Å². The monoisotopic (exact) mass is 403 g/mol. The first kappa shape index (κ1) is 18.8. The number of primary amides is 1. The Morgan fingerprint density at radius 3 is 2.56 bits per heavy atom. The van der Waals surface area contributed by atoms with Crippen molar-refractivity contribution in [1.29, 1.82) is 0 Å². The summed E-state index contributed by atoms with van der Waals surface area (Å²) >= 11 is 11.9. The zero-order valence-electron chi connectivity index (χ0n) is 14.0. The molecule has 0 bridgehead atoms. The van der Waals surface area contributed by atoms with E-state index in [2.05, 4.69) is 5.43 Å². The Kier molecular flexibility index (Phi) is 5.69. The van der Waals surface area contributed by atoms with E-state index in [1.54, 1.807) is 24.3 Å². The summed E-state index contributed by atoms with van der Waals surface area (Å²) in [5.74, 6) is -0.326. The Hall–Kier alpha value is -2.96. The van der Waals surface area contributed by atoms with Crippen molar-refractivity contribution in [2.24, 2.45) is 5.73 Å². The summed E-state index contributed by atoms with van der Waals surface area (Å²) in [4.78, 5) is 24.2. The van der Waals surface area contributed by atoms with Crippen LogP contribution in [0.2, 0.25) is 10.0 Å². The van der Waals surface area contributed by atoms with Gasteiger partial charge in [0.15, 0.2) is 6.61 Å². The second-order valence-electron chi connectivity index (χ2n) is 5.57. The number of carbonyl (C=O) groups excluding carboxylic acids is 2. The second-order valence-corrected chi connectivity index (χ2v) is 6.41. The van der Waals surface area contributed by atoms with E-state index in [-0.39, 0.29) is 12.4 Å². The van der Waals surface area contributed by atoms with Crippen molar-refractivity contribution in [2.45, 2.75) is 0 Å². The standard InChI is InChI=1S/C19H15Cl2N3O3/c20-13-8-9-15(21)17(10-13)27-11-18(25)23-24(19(22)26)16-7-3-5-12-4-1-2-6-14(12)16/h1-10H,11H2,(H2,22,26)(H,23,25). The van der Waals surface area contributed by atoms with Crippen LogP contribution in [0.1, 0.15) is 0 Å². The van der Waals surface area contributed by atoms with Crippen molar-refractivity contribution in [1.82, 2.24) is 5.43 Å². The predicted octanol–water partition coefficient (Wildman–Crippen LogP) is 4.14. The summed E-state index contributed by atoms with van der Waals surface area (Å²) in [6.07, 6.45) is 0. The quantitative estimate of drug-likeness (QED) is 0.641. The van der Waals surface area contributed by atoms with Crippen molar-refractivity contribution >= 4 is 51.6 Å². The minimum absolute atomic E-state index is 0.259. The number of rotatable bonds is 4. The first-order valence-corrected chi connectivity index (χ1v) is 8.66. The fourth-order valence-corrected chi connectivity index (χ4v) is 2.86. The summed E-state index contributed by atoms with van der Waals surface area (Å²) in [6.45, 7) is -0.380. The van der Waals surface area contributed by atoms with Gasteiger partial charge in [0.05, 0.1) is 10.7 Å². The molecule has 0 saturated carbocycles. The van der Waals surface area contributed by atoms with Gasteiger partial charge < -0.3 is 10.5 Å². The normalized spacial score (nSPS) is 10.4. The molecule has 138 valence electrons. The zero-order valence-corrected chi connectivity index (χ0v) is 15.5. The van der Waals surface area contributed by atoms with Crippen molar-refractivity contribution in [3.05, 3.63) is 70.7 Å². The van der Waals surface area contributed by atoms with Gasteiger partial charge in [-0.1, -0.05) is 59.6 Å². The van der Waals surface area contributed by atoms with Crippen LogP contribution >= 0.6 is 23.2 Å². The number of hydrogen-bond acceptors (Lipinski definition) is 3. The number of nitrogens with one attached hydrogen (secondary N) is 1. The third kappa shape index (κ3) is 4.42. The molecule has 0 aliphatic rings. The van der Waals surface area contributed by atoms with E-state index in [0.29, 0.717) is 15.7 Å². The average molecular weight is 404 g/mol. The number of nitrogens with zero attached hydrogens (tertiary/aromatic N) is 1. The van der Waals surface area contributed by atoms with Crippen LogP contribution in [0.3, 0.4) is 0 Å². The molecule has 0 fully saturated rings. The number of amides is 3. The summed E-state index contributed by atoms with van der Waals surface area (Å²) in [6, 6.07) is 16.6. The van der Waals surface area contributed by atoms with E-state index >= 15 is 0 Å². The summed E-state index contributed by atoms with van der Waals surface area (Å²) in [5, 5.41) is 3.38. The van der Waals surface area contributed by atoms with Gasteiger partial charge in [-0.15, -0.1) is 0 Å². The number of urea groups is 1. The highest BCUT2D eigenvalue weighted by Crippen LogP contribution is 2.28. The molecule has 0 spiro atoms. The molecule has 3 N–H and O–H groups in total. The number of hydrazine groups is 1. The fourth-order valence-electron chi connectivity index (χ4n) is 2.53. The molecular weight excluding hydrogens is 389 g/mol. The van der Waals surface area contributed by atoms with Gasteiger partial charge in [0.1, 0.15) is 5.75 Å². The molecule has 0 radical (unpaired) electrons. The van der Waals surface area contributed by atoms with Crippen molar-refractivity contribution < 1.29 is 14.3 Å². The van der Waals surface area contributed by atoms with Gasteiger partial charge in [-0.25, -0.2) is 9.80 Å². The molecule has 3 rings (SSSR count). The zero-order chi connectivity index (χ0) is 19.4. The van der Waals surface area contributed by atoms with E-state index in [4.69, 9.17) is 33.7 Å². The van der Waals surface area contributed by atoms with Crippen LogP contribution in [0.15, 0.2) is 60.7 Å².